The Balaban J connectivity index is 2.68. The third-order valence-corrected chi connectivity index (χ3v) is 1.33. The molecule has 0 unspecified atom stereocenters. The van der Waals surface area contributed by atoms with E-state index in [1.807, 2.05) is 30.3 Å². The zero-order valence-electron chi connectivity index (χ0n) is 5.90. The van der Waals surface area contributed by atoms with Gasteiger partial charge in [0.2, 0.25) is 0 Å². The first-order chi connectivity index (χ1) is 5.34. The van der Waals surface area contributed by atoms with Gasteiger partial charge in [0.15, 0.2) is 0 Å². The van der Waals surface area contributed by atoms with Crippen LogP contribution in [-0.4, -0.2) is 5.49 Å². The lowest BCUT2D eigenvalue weighted by atomic mass is 10.3. The predicted octanol–water partition coefficient (Wildman–Crippen LogP) is 0.828. The summed E-state index contributed by atoms with van der Waals surface area (Å²) in [5.74, 6) is 5.53. The van der Waals surface area contributed by atoms with E-state index in [0.29, 0.717) is 0 Å². The molecule has 4 heteroatoms. The smallest absolute Gasteiger partial charge is 0.0824 e. The van der Waals surface area contributed by atoms with Crippen LogP contribution >= 0.6 is 12.2 Å². The van der Waals surface area contributed by atoms with Crippen molar-refractivity contribution in [2.75, 3.05) is 5.12 Å². The summed E-state index contributed by atoms with van der Waals surface area (Å²) in [5.41, 5.74) is 4.89. The van der Waals surface area contributed by atoms with E-state index in [2.05, 4.69) is 17.6 Å². The third-order valence-electron chi connectivity index (χ3n) is 1.23. The molecular weight excluding hydrogens is 158 g/mol. The second-order valence-corrected chi connectivity index (χ2v) is 2.19. The normalized spacial score (nSPS) is 8.82. The maximum atomic E-state index is 5.53. The summed E-state index contributed by atoms with van der Waals surface area (Å²) in [6.07, 6.45) is 0. The van der Waals surface area contributed by atoms with E-state index < -0.39 is 0 Å². The molecule has 11 heavy (non-hydrogen) atoms. The number of nitrogens with one attached hydrogen (secondary N) is 1. The number of nitrogens with zero attached hydrogens (tertiary/aromatic N) is 1. The summed E-state index contributed by atoms with van der Waals surface area (Å²) >= 11 is 4.57. The van der Waals surface area contributed by atoms with Gasteiger partial charge in [0.05, 0.1) is 11.2 Å². The number of thiocarbonyl (C=S) groups is 1. The number of anilines is 1. The van der Waals surface area contributed by atoms with E-state index in [1.54, 1.807) is 0 Å². The van der Waals surface area contributed by atoms with Gasteiger partial charge in [-0.3, -0.25) is 5.43 Å². The van der Waals surface area contributed by atoms with Gasteiger partial charge in [-0.1, -0.05) is 30.4 Å². The zero-order valence-corrected chi connectivity index (χ0v) is 6.71. The Labute approximate surface area is 70.7 Å². The minimum absolute atomic E-state index is 0.869. The van der Waals surface area contributed by atoms with Crippen LogP contribution < -0.4 is 16.4 Å². The first-order valence-corrected chi connectivity index (χ1v) is 3.61. The van der Waals surface area contributed by atoms with Crippen molar-refractivity contribution in [3.63, 3.8) is 0 Å². The minimum Gasteiger partial charge on any atom is -0.281 e. The fourth-order valence-corrected chi connectivity index (χ4v) is 0.833. The summed E-state index contributed by atoms with van der Waals surface area (Å²) in [6.45, 7) is 0. The van der Waals surface area contributed by atoms with Crippen LogP contribution in [0.5, 0.6) is 0 Å². The zero-order chi connectivity index (χ0) is 8.10. The van der Waals surface area contributed by atoms with Gasteiger partial charge >= 0.3 is 0 Å². The van der Waals surface area contributed by atoms with Crippen molar-refractivity contribution in [3.8, 4) is 0 Å². The number of hydrazine groups is 2. The Morgan fingerprint density at radius 1 is 1.36 bits per heavy atom. The van der Waals surface area contributed by atoms with E-state index in [4.69, 9.17) is 5.84 Å². The molecule has 1 aromatic rings. The average molecular weight is 167 g/mol. The minimum atomic E-state index is 0.869. The summed E-state index contributed by atoms with van der Waals surface area (Å²) in [7, 11) is 0. The molecule has 0 aliphatic rings. The Morgan fingerprint density at radius 3 is 2.55 bits per heavy atom. The van der Waals surface area contributed by atoms with Crippen LogP contribution in [0.4, 0.5) is 5.69 Å². The predicted molar refractivity (Wildman–Crippen MR) is 49.9 cm³/mol. The molecule has 0 bridgehead atoms. The highest BCUT2D eigenvalue weighted by atomic mass is 32.1. The molecule has 0 amide bonds. The van der Waals surface area contributed by atoms with Gasteiger partial charge in [0.1, 0.15) is 0 Å². The van der Waals surface area contributed by atoms with Crippen molar-refractivity contribution in [1.29, 1.82) is 0 Å². The number of para-hydroxylation sites is 1. The van der Waals surface area contributed by atoms with E-state index >= 15 is 0 Å². The lowest BCUT2D eigenvalue weighted by Gasteiger charge is -2.16. The molecule has 0 atom stereocenters. The van der Waals surface area contributed by atoms with E-state index in [1.165, 1.54) is 10.6 Å². The summed E-state index contributed by atoms with van der Waals surface area (Å²) in [6, 6.07) is 9.49. The van der Waals surface area contributed by atoms with Crippen LogP contribution in [0.2, 0.25) is 0 Å². The van der Waals surface area contributed by atoms with Crippen LogP contribution in [0, 0.1) is 0 Å². The molecule has 0 aliphatic heterocycles. The molecule has 1 aromatic carbocycles. The van der Waals surface area contributed by atoms with Gasteiger partial charge in [0.25, 0.3) is 0 Å². The fourth-order valence-electron chi connectivity index (χ4n) is 0.720. The number of rotatable bonds is 3. The molecule has 0 radical (unpaired) electrons. The molecule has 0 saturated heterocycles. The maximum Gasteiger partial charge on any atom is 0.0824 e. The lowest BCUT2D eigenvalue weighted by Crippen LogP contribution is -2.42. The van der Waals surface area contributed by atoms with Crippen molar-refractivity contribution in [1.82, 2.24) is 5.43 Å². The van der Waals surface area contributed by atoms with E-state index in [-0.39, 0.29) is 0 Å². The molecule has 0 heterocycles. The summed E-state index contributed by atoms with van der Waals surface area (Å²) in [4.78, 5) is 0. The Hall–Kier alpha value is -1.13. The molecule has 0 spiro atoms. The molecule has 0 aliphatic carbocycles. The third kappa shape index (κ3) is 2.18. The van der Waals surface area contributed by atoms with Gasteiger partial charge in [0, 0.05) is 0 Å². The van der Waals surface area contributed by atoms with Gasteiger partial charge in [-0.15, -0.1) is 0 Å². The van der Waals surface area contributed by atoms with Crippen molar-refractivity contribution in [2.45, 2.75) is 0 Å². The maximum absolute atomic E-state index is 5.53. The standard InChI is InChI=1S/C7H9N3S/c8-10(9-6-11)7-4-2-1-3-5-7/h1-6H,8H2,(H,9,11). The highest BCUT2D eigenvalue weighted by molar-refractivity contribution is 7.78. The van der Waals surface area contributed by atoms with Crippen molar-refractivity contribution in [2.24, 2.45) is 5.84 Å². The topological polar surface area (TPSA) is 41.3 Å². The number of hydrogen-bond donors (Lipinski definition) is 2. The van der Waals surface area contributed by atoms with Gasteiger partial charge in [-0.2, -0.15) is 0 Å². The van der Waals surface area contributed by atoms with Gasteiger partial charge in [-0.25, -0.2) is 11.0 Å². The Kier molecular flexibility index (Phi) is 2.83. The van der Waals surface area contributed by atoms with Gasteiger partial charge in [-0.05, 0) is 12.1 Å². The largest absolute Gasteiger partial charge is 0.281 e. The number of nitrogens with two attached hydrogens (primary N) is 1. The summed E-state index contributed by atoms with van der Waals surface area (Å²) < 4.78 is 0. The Bertz CT molecular complexity index is 224. The molecule has 0 fully saturated rings. The van der Waals surface area contributed by atoms with Crippen LogP contribution in [0.25, 0.3) is 0 Å². The van der Waals surface area contributed by atoms with Crippen LogP contribution in [-0.2, 0) is 0 Å². The molecule has 3 nitrogen and oxygen atoms in total. The molecule has 3 N–H and O–H groups in total. The van der Waals surface area contributed by atoms with E-state index in [0.717, 1.165) is 5.69 Å². The molecule has 1 rings (SSSR count). The highest BCUT2D eigenvalue weighted by Crippen LogP contribution is 2.05. The fraction of sp³-hybridized carbons (Fsp3) is 0. The van der Waals surface area contributed by atoms with Crippen molar-refractivity contribution < 1.29 is 0 Å². The summed E-state index contributed by atoms with van der Waals surface area (Å²) in [5, 5.41) is 1.35. The highest BCUT2D eigenvalue weighted by Gasteiger charge is 1.94. The van der Waals surface area contributed by atoms with Crippen LogP contribution in [0.1, 0.15) is 0 Å². The SMILES string of the molecule is NN(NC=S)c1ccccc1. The molecular formula is C7H9N3S. The van der Waals surface area contributed by atoms with Gasteiger partial charge < -0.3 is 0 Å². The first-order valence-electron chi connectivity index (χ1n) is 3.14. The molecule has 0 saturated carbocycles. The van der Waals surface area contributed by atoms with E-state index in [9.17, 15) is 0 Å². The second kappa shape index (κ2) is 3.90. The van der Waals surface area contributed by atoms with Crippen molar-refractivity contribution in [3.05, 3.63) is 30.3 Å². The molecule has 58 valence electrons. The van der Waals surface area contributed by atoms with Crippen molar-refractivity contribution >= 4 is 23.4 Å². The monoisotopic (exact) mass is 167 g/mol. The van der Waals surface area contributed by atoms with Crippen LogP contribution in [0.3, 0.4) is 0 Å². The first kappa shape index (κ1) is 7.97. The average Bonchev–Trinajstić information content (AvgIpc) is 2.07. The number of hydrogen-bond acceptors (Lipinski definition) is 3. The molecule has 0 aromatic heterocycles. The quantitative estimate of drug-likeness (QED) is 0.397. The number of benzene rings is 1. The Morgan fingerprint density at radius 2 is 2.00 bits per heavy atom. The second-order valence-electron chi connectivity index (χ2n) is 1.95. The lowest BCUT2D eigenvalue weighted by molar-refractivity contribution is 0.831. The van der Waals surface area contributed by atoms with Crippen LogP contribution in [0.15, 0.2) is 30.3 Å².